The molecular weight excluding hydrogens is 495 g/mol. The van der Waals surface area contributed by atoms with E-state index in [-0.39, 0.29) is 24.8 Å². The molecule has 1 aromatic heterocycles. The van der Waals surface area contributed by atoms with Crippen LogP contribution in [-0.2, 0) is 6.42 Å². The molecule has 0 amide bonds. The van der Waals surface area contributed by atoms with Crippen molar-refractivity contribution in [1.29, 1.82) is 0 Å². The second-order valence-electron chi connectivity index (χ2n) is 10.1. The van der Waals surface area contributed by atoms with Gasteiger partial charge in [-0.2, -0.15) is 9.97 Å². The van der Waals surface area contributed by atoms with Crippen LogP contribution < -0.4 is 19.4 Å². The predicted molar refractivity (Wildman–Crippen MR) is 154 cm³/mol. The summed E-state index contributed by atoms with van der Waals surface area (Å²) in [5, 5.41) is 0. The van der Waals surface area contributed by atoms with Gasteiger partial charge in [-0.05, 0) is 62.6 Å². The summed E-state index contributed by atoms with van der Waals surface area (Å²) < 4.78 is 5.53. The number of ether oxygens (including phenoxy) is 1. The number of benzene rings is 1. The number of aryl methyl sites for hydroxylation is 2. The number of nitrogens with zero attached hydrogens (tertiary/aromatic N) is 6. The lowest BCUT2D eigenvalue weighted by Gasteiger charge is -2.36. The molecule has 3 fully saturated rings. The largest absolute Gasteiger partial charge is 0.496 e. The molecule has 3 aliphatic rings. The van der Waals surface area contributed by atoms with E-state index < -0.39 is 0 Å². The number of piperazine rings is 1. The van der Waals surface area contributed by atoms with Crippen LogP contribution >= 0.6 is 24.8 Å². The first kappa shape index (κ1) is 28.6. The number of hydrogen-bond acceptors (Lipinski definition) is 7. The van der Waals surface area contributed by atoms with E-state index in [9.17, 15) is 0 Å². The average molecular weight is 538 g/mol. The van der Waals surface area contributed by atoms with Gasteiger partial charge in [0.05, 0.1) is 7.11 Å². The Morgan fingerprint density at radius 3 is 1.72 bits per heavy atom. The summed E-state index contributed by atoms with van der Waals surface area (Å²) in [7, 11) is 1.76. The Hall–Kier alpha value is -1.96. The summed E-state index contributed by atoms with van der Waals surface area (Å²) in [6.45, 7) is 14.0. The van der Waals surface area contributed by atoms with Gasteiger partial charge in [-0.15, -0.1) is 24.8 Å². The standard InChI is InChI=1S/C27H40N6O.2ClH/c1-21-18-23(19-22(2)26(21)34-3)8-13-30-14-16-32(17-15-30)25-20-24(31-9-4-5-10-31)28-27(29-25)33-11-6-7-12-33;;/h18-20H,4-17H2,1-3H3;2*1H. The van der Waals surface area contributed by atoms with Gasteiger partial charge in [0.2, 0.25) is 5.95 Å². The molecule has 0 unspecified atom stereocenters. The van der Waals surface area contributed by atoms with Crippen molar-refractivity contribution in [2.75, 3.05) is 80.7 Å². The van der Waals surface area contributed by atoms with E-state index in [0.29, 0.717) is 0 Å². The topological polar surface area (TPSA) is 48.0 Å². The smallest absolute Gasteiger partial charge is 0.229 e. The van der Waals surface area contributed by atoms with E-state index in [1.807, 2.05) is 0 Å². The summed E-state index contributed by atoms with van der Waals surface area (Å²) in [5.41, 5.74) is 3.86. The Morgan fingerprint density at radius 1 is 0.694 bits per heavy atom. The molecular formula is C27H42Cl2N6O. The molecule has 9 heteroatoms. The minimum atomic E-state index is 0. The third-order valence-electron chi connectivity index (χ3n) is 7.64. The zero-order valence-corrected chi connectivity index (χ0v) is 23.7. The van der Waals surface area contributed by atoms with Gasteiger partial charge in [-0.25, -0.2) is 0 Å². The normalized spacial score (nSPS) is 18.2. The van der Waals surface area contributed by atoms with Crippen molar-refractivity contribution in [3.8, 4) is 5.75 Å². The van der Waals surface area contributed by atoms with E-state index >= 15 is 0 Å². The SMILES string of the molecule is COc1c(C)cc(CCN2CCN(c3cc(N4CCCC4)nc(N4CCCC4)n3)CC2)cc1C.Cl.Cl. The van der Waals surface area contributed by atoms with Crippen LogP contribution in [0.4, 0.5) is 17.6 Å². The van der Waals surface area contributed by atoms with Crippen LogP contribution in [0, 0.1) is 13.8 Å². The van der Waals surface area contributed by atoms with Gasteiger partial charge < -0.3 is 19.4 Å². The second kappa shape index (κ2) is 13.0. The highest BCUT2D eigenvalue weighted by Gasteiger charge is 2.24. The van der Waals surface area contributed by atoms with Crippen molar-refractivity contribution in [1.82, 2.24) is 14.9 Å². The molecule has 1 aromatic carbocycles. The highest BCUT2D eigenvalue weighted by molar-refractivity contribution is 5.85. The Kier molecular flexibility index (Phi) is 10.3. The molecule has 200 valence electrons. The molecule has 0 saturated carbocycles. The van der Waals surface area contributed by atoms with Crippen molar-refractivity contribution in [2.24, 2.45) is 0 Å². The van der Waals surface area contributed by atoms with E-state index in [2.05, 4.69) is 51.6 Å². The number of aromatic nitrogens is 2. The lowest BCUT2D eigenvalue weighted by atomic mass is 10.0. The van der Waals surface area contributed by atoms with Crippen molar-refractivity contribution in [3.05, 3.63) is 34.9 Å². The van der Waals surface area contributed by atoms with Crippen LogP contribution in [0.25, 0.3) is 0 Å². The van der Waals surface area contributed by atoms with Gasteiger partial charge in [0.1, 0.15) is 17.4 Å². The predicted octanol–water partition coefficient (Wildman–Crippen LogP) is 4.51. The van der Waals surface area contributed by atoms with Gasteiger partial charge >= 0.3 is 0 Å². The summed E-state index contributed by atoms with van der Waals surface area (Å²) in [5.74, 6) is 4.19. The minimum absolute atomic E-state index is 0. The molecule has 4 heterocycles. The third kappa shape index (κ3) is 6.48. The number of halogens is 2. The zero-order valence-electron chi connectivity index (χ0n) is 22.0. The summed E-state index contributed by atoms with van der Waals surface area (Å²) in [6.07, 6.45) is 6.11. The van der Waals surface area contributed by atoms with Crippen molar-refractivity contribution in [2.45, 2.75) is 46.0 Å². The Labute approximate surface area is 229 Å². The maximum atomic E-state index is 5.53. The molecule has 3 saturated heterocycles. The fraction of sp³-hybridized carbons (Fsp3) is 0.630. The lowest BCUT2D eigenvalue weighted by Crippen LogP contribution is -2.47. The van der Waals surface area contributed by atoms with Gasteiger partial charge in [0.25, 0.3) is 0 Å². The molecule has 0 aliphatic carbocycles. The van der Waals surface area contributed by atoms with Gasteiger partial charge in [-0.1, -0.05) is 12.1 Å². The molecule has 0 spiro atoms. The van der Waals surface area contributed by atoms with Crippen molar-refractivity contribution < 1.29 is 4.74 Å². The van der Waals surface area contributed by atoms with Gasteiger partial charge in [-0.3, -0.25) is 4.90 Å². The van der Waals surface area contributed by atoms with Gasteiger partial charge in [0.15, 0.2) is 0 Å². The summed E-state index contributed by atoms with van der Waals surface area (Å²) >= 11 is 0. The van der Waals surface area contributed by atoms with Crippen LogP contribution in [0.1, 0.15) is 42.4 Å². The average Bonchev–Trinajstić information content (AvgIpc) is 3.58. The second-order valence-corrected chi connectivity index (χ2v) is 10.1. The van der Waals surface area contributed by atoms with Crippen molar-refractivity contribution in [3.63, 3.8) is 0 Å². The molecule has 3 aliphatic heterocycles. The molecule has 0 atom stereocenters. The van der Waals surface area contributed by atoms with Crippen LogP contribution in [0.2, 0.25) is 0 Å². The van der Waals surface area contributed by atoms with E-state index in [4.69, 9.17) is 14.7 Å². The van der Waals surface area contributed by atoms with E-state index in [1.54, 1.807) is 7.11 Å². The number of methoxy groups -OCH3 is 1. The monoisotopic (exact) mass is 536 g/mol. The number of hydrogen-bond donors (Lipinski definition) is 0. The summed E-state index contributed by atoms with van der Waals surface area (Å²) in [4.78, 5) is 19.9. The van der Waals surface area contributed by atoms with E-state index in [0.717, 1.165) is 88.7 Å². The number of rotatable bonds is 7. The highest BCUT2D eigenvalue weighted by Crippen LogP contribution is 2.28. The highest BCUT2D eigenvalue weighted by atomic mass is 35.5. The first-order chi connectivity index (χ1) is 16.6. The Morgan fingerprint density at radius 2 is 1.19 bits per heavy atom. The van der Waals surface area contributed by atoms with Crippen LogP contribution in [-0.4, -0.2) is 80.9 Å². The maximum absolute atomic E-state index is 5.53. The Balaban J connectivity index is 0.00000180. The molecule has 5 rings (SSSR count). The molecule has 7 nitrogen and oxygen atoms in total. The fourth-order valence-corrected chi connectivity index (χ4v) is 5.73. The van der Waals surface area contributed by atoms with Crippen molar-refractivity contribution >= 4 is 42.4 Å². The van der Waals surface area contributed by atoms with Gasteiger partial charge in [0, 0.05) is 65.0 Å². The molecule has 0 bridgehead atoms. The summed E-state index contributed by atoms with van der Waals surface area (Å²) in [6, 6.07) is 6.80. The lowest BCUT2D eigenvalue weighted by molar-refractivity contribution is 0.260. The van der Waals surface area contributed by atoms with Crippen LogP contribution in [0.5, 0.6) is 5.75 Å². The third-order valence-corrected chi connectivity index (χ3v) is 7.64. The zero-order chi connectivity index (χ0) is 23.5. The quantitative estimate of drug-likeness (QED) is 0.515. The molecule has 36 heavy (non-hydrogen) atoms. The van der Waals surface area contributed by atoms with Crippen LogP contribution in [0.3, 0.4) is 0 Å². The first-order valence-corrected chi connectivity index (χ1v) is 13.1. The fourth-order valence-electron chi connectivity index (χ4n) is 5.73. The van der Waals surface area contributed by atoms with Crippen LogP contribution in [0.15, 0.2) is 18.2 Å². The first-order valence-electron chi connectivity index (χ1n) is 13.1. The molecule has 0 radical (unpaired) electrons. The Bertz CT molecular complexity index is 929. The molecule has 0 N–H and O–H groups in total. The van der Waals surface area contributed by atoms with E-state index in [1.165, 1.54) is 42.4 Å². The molecule has 2 aromatic rings. The maximum Gasteiger partial charge on any atom is 0.229 e. The number of anilines is 3. The minimum Gasteiger partial charge on any atom is -0.496 e.